The van der Waals surface area contributed by atoms with Crippen LogP contribution in [0.25, 0.3) is 0 Å². The molecular formula is C30H37N3O9S. The third-order valence-electron chi connectivity index (χ3n) is 6.80. The molecule has 1 unspecified atom stereocenters. The summed E-state index contributed by atoms with van der Waals surface area (Å²) < 4.78 is 56.2. The summed E-state index contributed by atoms with van der Waals surface area (Å²) in [5.41, 5.74) is 0.764. The Hall–Kier alpha value is -4.65. The smallest absolute Gasteiger partial charge is 0.265 e. The summed E-state index contributed by atoms with van der Waals surface area (Å²) in [5.74, 6) is 0.590. The molecule has 0 aromatic heterocycles. The molecule has 0 aliphatic heterocycles. The molecule has 0 radical (unpaired) electrons. The minimum absolute atomic E-state index is 0.0247. The Morgan fingerprint density at radius 2 is 1.35 bits per heavy atom. The lowest BCUT2D eigenvalue weighted by Crippen LogP contribution is -2.50. The number of hydrogen-bond donors (Lipinski definition) is 1. The Morgan fingerprint density at radius 3 is 1.91 bits per heavy atom. The van der Waals surface area contributed by atoms with Crippen molar-refractivity contribution in [1.29, 1.82) is 0 Å². The van der Waals surface area contributed by atoms with Crippen LogP contribution in [-0.4, -0.2) is 80.3 Å². The van der Waals surface area contributed by atoms with Crippen molar-refractivity contribution in [1.82, 2.24) is 10.2 Å². The molecule has 12 nitrogen and oxygen atoms in total. The fourth-order valence-corrected chi connectivity index (χ4v) is 5.76. The number of nitrogens with zero attached hydrogens (tertiary/aromatic N) is 2. The van der Waals surface area contributed by atoms with Crippen molar-refractivity contribution in [3.8, 4) is 28.7 Å². The molecule has 43 heavy (non-hydrogen) atoms. The largest absolute Gasteiger partial charge is 0.497 e. The lowest BCUT2D eigenvalue weighted by Gasteiger charge is -2.32. The Bertz CT molecular complexity index is 1530. The average Bonchev–Trinajstić information content (AvgIpc) is 3.04. The van der Waals surface area contributed by atoms with Crippen LogP contribution in [0.2, 0.25) is 0 Å². The number of likely N-dealkylation sites (N-methyl/N-ethyl adjacent to an activating group) is 1. The van der Waals surface area contributed by atoms with Crippen molar-refractivity contribution in [3.63, 3.8) is 0 Å². The van der Waals surface area contributed by atoms with Gasteiger partial charge in [-0.05, 0) is 48.9 Å². The number of nitrogens with one attached hydrogen (secondary N) is 1. The fraction of sp³-hybridized carbons (Fsp3) is 0.333. The van der Waals surface area contributed by atoms with Gasteiger partial charge in [0.2, 0.25) is 11.8 Å². The molecule has 3 aromatic carbocycles. The van der Waals surface area contributed by atoms with E-state index in [0.29, 0.717) is 22.8 Å². The zero-order chi connectivity index (χ0) is 31.7. The maximum atomic E-state index is 14.3. The lowest BCUT2D eigenvalue weighted by atomic mass is 10.1. The van der Waals surface area contributed by atoms with Crippen LogP contribution >= 0.6 is 0 Å². The molecule has 13 heteroatoms. The third kappa shape index (κ3) is 7.41. The Balaban J connectivity index is 2.16. The zero-order valence-electron chi connectivity index (χ0n) is 25.2. The second-order valence-corrected chi connectivity index (χ2v) is 11.1. The molecule has 0 heterocycles. The van der Waals surface area contributed by atoms with Crippen molar-refractivity contribution in [2.24, 2.45) is 0 Å². The molecule has 0 spiro atoms. The van der Waals surface area contributed by atoms with Crippen molar-refractivity contribution in [2.75, 3.05) is 53.4 Å². The van der Waals surface area contributed by atoms with Crippen LogP contribution in [0, 0.1) is 0 Å². The molecule has 0 fully saturated rings. The molecule has 1 atom stereocenters. The van der Waals surface area contributed by atoms with Crippen LogP contribution in [0.4, 0.5) is 5.69 Å². The predicted octanol–water partition coefficient (Wildman–Crippen LogP) is 3.09. The van der Waals surface area contributed by atoms with E-state index in [4.69, 9.17) is 23.7 Å². The van der Waals surface area contributed by atoms with Crippen LogP contribution in [0.15, 0.2) is 65.6 Å². The summed E-state index contributed by atoms with van der Waals surface area (Å²) in [6.07, 6.45) is 0. The molecule has 0 saturated heterocycles. The molecule has 232 valence electrons. The van der Waals surface area contributed by atoms with Gasteiger partial charge in [-0.15, -0.1) is 0 Å². The molecule has 1 N–H and O–H groups in total. The second kappa shape index (κ2) is 14.5. The van der Waals surface area contributed by atoms with E-state index in [9.17, 15) is 18.0 Å². The van der Waals surface area contributed by atoms with Crippen LogP contribution < -0.4 is 33.3 Å². The fourth-order valence-electron chi connectivity index (χ4n) is 4.33. The molecule has 0 bridgehead atoms. The number of ether oxygens (including phenoxy) is 5. The Labute approximate surface area is 252 Å². The number of anilines is 1. The van der Waals surface area contributed by atoms with Gasteiger partial charge in [-0.3, -0.25) is 13.9 Å². The first-order chi connectivity index (χ1) is 20.5. The SMILES string of the molecule is CNC(=O)C(C)N(Cc1ccc(OC)cc1)C(=O)CN(c1cc(OC)ccc1OC)S(=O)(=O)c1ccc(OC)c(OC)c1. The summed E-state index contributed by atoms with van der Waals surface area (Å²) in [4.78, 5) is 27.9. The summed E-state index contributed by atoms with van der Waals surface area (Å²) in [6.45, 7) is 0.925. The lowest BCUT2D eigenvalue weighted by molar-refractivity contribution is -0.139. The highest BCUT2D eigenvalue weighted by Crippen LogP contribution is 2.37. The molecule has 2 amide bonds. The topological polar surface area (TPSA) is 133 Å². The van der Waals surface area contributed by atoms with E-state index in [1.54, 1.807) is 44.4 Å². The van der Waals surface area contributed by atoms with Gasteiger partial charge in [-0.2, -0.15) is 0 Å². The number of rotatable bonds is 14. The van der Waals surface area contributed by atoms with Crippen LogP contribution in [0.1, 0.15) is 12.5 Å². The van der Waals surface area contributed by atoms with Crippen molar-refractivity contribution in [2.45, 2.75) is 24.4 Å². The normalized spacial score (nSPS) is 11.6. The summed E-state index contributed by atoms with van der Waals surface area (Å²) >= 11 is 0. The first-order valence-corrected chi connectivity index (χ1v) is 14.6. The third-order valence-corrected chi connectivity index (χ3v) is 8.56. The van der Waals surface area contributed by atoms with E-state index >= 15 is 0 Å². The average molecular weight is 616 g/mol. The van der Waals surface area contributed by atoms with Crippen molar-refractivity contribution in [3.05, 3.63) is 66.2 Å². The number of carbonyl (C=O) groups excluding carboxylic acids is 2. The van der Waals surface area contributed by atoms with Crippen LogP contribution in [-0.2, 0) is 26.2 Å². The molecule has 0 saturated carbocycles. The van der Waals surface area contributed by atoms with Gasteiger partial charge in [-0.25, -0.2) is 8.42 Å². The van der Waals surface area contributed by atoms with Gasteiger partial charge >= 0.3 is 0 Å². The number of amides is 2. The quantitative estimate of drug-likeness (QED) is 0.291. The minimum Gasteiger partial charge on any atom is -0.497 e. The first kappa shape index (κ1) is 32.9. The highest BCUT2D eigenvalue weighted by Gasteiger charge is 2.34. The monoisotopic (exact) mass is 615 g/mol. The first-order valence-electron chi connectivity index (χ1n) is 13.1. The maximum absolute atomic E-state index is 14.3. The van der Waals surface area contributed by atoms with Gasteiger partial charge in [0.15, 0.2) is 11.5 Å². The highest BCUT2D eigenvalue weighted by molar-refractivity contribution is 7.92. The number of sulfonamides is 1. The van der Waals surface area contributed by atoms with Gasteiger partial charge in [0.25, 0.3) is 10.0 Å². The summed E-state index contributed by atoms with van der Waals surface area (Å²) in [6, 6.07) is 14.8. The predicted molar refractivity (Wildman–Crippen MR) is 161 cm³/mol. The molecule has 0 aliphatic rings. The van der Waals surface area contributed by atoms with E-state index in [2.05, 4.69) is 5.32 Å². The van der Waals surface area contributed by atoms with Gasteiger partial charge in [-0.1, -0.05) is 12.1 Å². The standard InChI is InChI=1S/C30H37N3O9S/c1-20(30(35)31-2)32(18-21-8-10-22(38-3)11-9-21)29(34)19-33(25-16-23(39-4)12-14-26(25)40-5)43(36,37)24-13-15-27(41-6)28(17-24)42-7/h8-17,20H,18-19H2,1-7H3,(H,31,35). The molecular weight excluding hydrogens is 578 g/mol. The molecule has 3 rings (SSSR count). The van der Waals surface area contributed by atoms with E-state index in [0.717, 1.165) is 4.31 Å². The zero-order valence-corrected chi connectivity index (χ0v) is 26.1. The Kier molecular flexibility index (Phi) is 11.1. The number of carbonyl (C=O) groups is 2. The van der Waals surface area contributed by atoms with Crippen LogP contribution in [0.5, 0.6) is 28.7 Å². The van der Waals surface area contributed by atoms with E-state index < -0.39 is 34.4 Å². The molecule has 3 aromatic rings. The van der Waals surface area contributed by atoms with E-state index in [1.807, 2.05) is 0 Å². The maximum Gasteiger partial charge on any atom is 0.265 e. The van der Waals surface area contributed by atoms with Crippen molar-refractivity contribution >= 4 is 27.5 Å². The van der Waals surface area contributed by atoms with E-state index in [1.165, 1.54) is 70.7 Å². The molecule has 0 aliphatic carbocycles. The van der Waals surface area contributed by atoms with Gasteiger partial charge < -0.3 is 33.9 Å². The number of methoxy groups -OCH3 is 5. The number of hydrogen-bond acceptors (Lipinski definition) is 9. The second-order valence-electron chi connectivity index (χ2n) is 9.23. The summed E-state index contributed by atoms with van der Waals surface area (Å²) in [5, 5.41) is 2.56. The highest BCUT2D eigenvalue weighted by atomic mass is 32.2. The van der Waals surface area contributed by atoms with Gasteiger partial charge in [0.05, 0.1) is 46.1 Å². The van der Waals surface area contributed by atoms with Gasteiger partial charge in [0, 0.05) is 25.7 Å². The van der Waals surface area contributed by atoms with E-state index in [-0.39, 0.29) is 28.6 Å². The number of benzene rings is 3. The summed E-state index contributed by atoms with van der Waals surface area (Å²) in [7, 11) is 4.21. The van der Waals surface area contributed by atoms with Crippen molar-refractivity contribution < 1.29 is 41.7 Å². The minimum atomic E-state index is -4.43. The Morgan fingerprint density at radius 1 is 0.767 bits per heavy atom. The van der Waals surface area contributed by atoms with Crippen LogP contribution in [0.3, 0.4) is 0 Å². The van der Waals surface area contributed by atoms with Gasteiger partial charge in [0.1, 0.15) is 29.8 Å².